The number of aromatic amines is 1. The Balaban J connectivity index is 1.53. The fraction of sp³-hybridized carbons (Fsp3) is 0.105. The van der Waals surface area contributed by atoms with E-state index in [4.69, 9.17) is 5.73 Å². The number of hydrogen-bond acceptors (Lipinski definition) is 2. The summed E-state index contributed by atoms with van der Waals surface area (Å²) >= 11 is 0. The Kier molecular flexibility index (Phi) is 4.43. The lowest BCUT2D eigenvalue weighted by Crippen LogP contribution is -2.23. The molecular weight excluding hydrogens is 286 g/mol. The summed E-state index contributed by atoms with van der Waals surface area (Å²) in [7, 11) is 0. The number of rotatable bonds is 5. The molecule has 0 fully saturated rings. The molecule has 1 heterocycles. The largest absolute Gasteiger partial charge is 0.399 e. The molecule has 0 saturated carbocycles. The van der Waals surface area contributed by atoms with Crippen molar-refractivity contribution in [1.82, 2.24) is 10.3 Å². The maximum Gasteiger partial charge on any atom is 0.244 e. The van der Waals surface area contributed by atoms with E-state index < -0.39 is 0 Å². The van der Waals surface area contributed by atoms with Crippen molar-refractivity contribution in [2.75, 3.05) is 12.3 Å². The summed E-state index contributed by atoms with van der Waals surface area (Å²) in [6, 6.07) is 15.6. The van der Waals surface area contributed by atoms with Gasteiger partial charge >= 0.3 is 0 Å². The molecule has 1 amide bonds. The maximum atomic E-state index is 11.9. The van der Waals surface area contributed by atoms with Crippen molar-refractivity contribution in [1.29, 1.82) is 0 Å². The number of nitrogens with two attached hydrogens (primary N) is 1. The number of carbonyl (C=O) groups is 1. The SMILES string of the molecule is Nc1cccc(/C=C/C(=O)NCCc2c[nH]c3ccccc23)c1. The Morgan fingerprint density at radius 2 is 2.04 bits per heavy atom. The van der Waals surface area contributed by atoms with Gasteiger partial charge in [0.1, 0.15) is 0 Å². The standard InChI is InChI=1S/C19H19N3O/c20-16-5-3-4-14(12-16)8-9-19(23)21-11-10-15-13-22-18-7-2-1-6-17(15)18/h1-9,12-13,22H,10-11,20H2,(H,21,23)/b9-8+. The van der Waals surface area contributed by atoms with Crippen molar-refractivity contribution in [3.8, 4) is 0 Å². The van der Waals surface area contributed by atoms with Gasteiger partial charge < -0.3 is 16.0 Å². The number of anilines is 1. The molecule has 0 radical (unpaired) electrons. The third-order valence-corrected chi connectivity index (χ3v) is 3.71. The van der Waals surface area contributed by atoms with Gasteiger partial charge in [-0.15, -0.1) is 0 Å². The highest BCUT2D eigenvalue weighted by Gasteiger charge is 2.03. The van der Waals surface area contributed by atoms with Gasteiger partial charge in [-0.2, -0.15) is 0 Å². The van der Waals surface area contributed by atoms with Crippen molar-refractivity contribution in [3.63, 3.8) is 0 Å². The van der Waals surface area contributed by atoms with Crippen LogP contribution >= 0.6 is 0 Å². The molecule has 0 aliphatic rings. The van der Waals surface area contributed by atoms with Crippen molar-refractivity contribution >= 4 is 28.6 Å². The Bertz CT molecular complexity index is 848. The lowest BCUT2D eigenvalue weighted by Gasteiger charge is -2.02. The number of nitrogens with one attached hydrogen (secondary N) is 2. The number of aromatic nitrogens is 1. The normalized spacial score (nSPS) is 11.1. The molecule has 0 bridgehead atoms. The molecule has 0 unspecified atom stereocenters. The van der Waals surface area contributed by atoms with Gasteiger partial charge in [0.25, 0.3) is 0 Å². The number of hydrogen-bond donors (Lipinski definition) is 3. The van der Waals surface area contributed by atoms with Gasteiger partial charge in [0.15, 0.2) is 0 Å². The summed E-state index contributed by atoms with van der Waals surface area (Å²) < 4.78 is 0. The van der Waals surface area contributed by atoms with E-state index in [1.165, 1.54) is 17.0 Å². The number of para-hydroxylation sites is 1. The van der Waals surface area contributed by atoms with Gasteiger partial charge in [-0.1, -0.05) is 30.3 Å². The highest BCUT2D eigenvalue weighted by atomic mass is 16.1. The van der Waals surface area contributed by atoms with Crippen LogP contribution < -0.4 is 11.1 Å². The van der Waals surface area contributed by atoms with Crippen LogP contribution in [0.5, 0.6) is 0 Å². The van der Waals surface area contributed by atoms with Crippen LogP contribution in [0.15, 0.2) is 60.8 Å². The maximum absolute atomic E-state index is 11.9. The van der Waals surface area contributed by atoms with Crippen molar-refractivity contribution < 1.29 is 4.79 Å². The van der Waals surface area contributed by atoms with Crippen LogP contribution in [0, 0.1) is 0 Å². The third kappa shape index (κ3) is 3.80. The Labute approximate surface area is 135 Å². The minimum Gasteiger partial charge on any atom is -0.399 e. The monoisotopic (exact) mass is 305 g/mol. The minimum atomic E-state index is -0.104. The number of amides is 1. The van der Waals surface area contributed by atoms with Crippen LogP contribution in [0.25, 0.3) is 17.0 Å². The Morgan fingerprint density at radius 3 is 2.91 bits per heavy atom. The van der Waals surface area contributed by atoms with Gasteiger partial charge in [0, 0.05) is 35.4 Å². The van der Waals surface area contributed by atoms with Gasteiger partial charge in [0.2, 0.25) is 5.91 Å². The summed E-state index contributed by atoms with van der Waals surface area (Å²) in [6.07, 6.45) is 6.09. The number of fused-ring (bicyclic) bond motifs is 1. The van der Waals surface area contributed by atoms with Crippen LogP contribution in [0.2, 0.25) is 0 Å². The van der Waals surface area contributed by atoms with E-state index in [2.05, 4.69) is 16.4 Å². The summed E-state index contributed by atoms with van der Waals surface area (Å²) in [5, 5.41) is 4.11. The van der Waals surface area contributed by atoms with E-state index in [0.29, 0.717) is 12.2 Å². The second-order valence-corrected chi connectivity index (χ2v) is 5.40. The van der Waals surface area contributed by atoms with Crippen molar-refractivity contribution in [2.45, 2.75) is 6.42 Å². The molecule has 23 heavy (non-hydrogen) atoms. The van der Waals surface area contributed by atoms with Crippen LogP contribution in [-0.2, 0) is 11.2 Å². The summed E-state index contributed by atoms with van der Waals surface area (Å²) in [6.45, 7) is 0.599. The smallest absolute Gasteiger partial charge is 0.244 e. The minimum absolute atomic E-state index is 0.104. The van der Waals surface area contributed by atoms with Gasteiger partial charge in [-0.3, -0.25) is 4.79 Å². The van der Waals surface area contributed by atoms with Gasteiger partial charge in [-0.05, 0) is 41.8 Å². The number of nitrogen functional groups attached to an aromatic ring is 1. The average molecular weight is 305 g/mol. The molecule has 4 nitrogen and oxygen atoms in total. The Morgan fingerprint density at radius 1 is 1.17 bits per heavy atom. The predicted octanol–water partition coefficient (Wildman–Crippen LogP) is 3.12. The predicted molar refractivity (Wildman–Crippen MR) is 94.9 cm³/mol. The summed E-state index contributed by atoms with van der Waals surface area (Å²) in [4.78, 5) is 15.1. The topological polar surface area (TPSA) is 70.9 Å². The molecule has 4 heteroatoms. The second-order valence-electron chi connectivity index (χ2n) is 5.40. The molecule has 3 rings (SSSR count). The van der Waals surface area contributed by atoms with E-state index >= 15 is 0 Å². The molecule has 0 aliphatic carbocycles. The molecule has 0 spiro atoms. The van der Waals surface area contributed by atoms with E-state index in [1.807, 2.05) is 48.7 Å². The van der Waals surface area contributed by atoms with Crippen LogP contribution in [0.1, 0.15) is 11.1 Å². The lowest BCUT2D eigenvalue weighted by molar-refractivity contribution is -0.116. The zero-order chi connectivity index (χ0) is 16.1. The Hall–Kier alpha value is -3.01. The molecule has 4 N–H and O–H groups in total. The summed E-state index contributed by atoms with van der Waals surface area (Å²) in [5.41, 5.74) is 9.64. The molecule has 2 aromatic carbocycles. The van der Waals surface area contributed by atoms with Gasteiger partial charge in [-0.25, -0.2) is 0 Å². The highest BCUT2D eigenvalue weighted by molar-refractivity contribution is 5.91. The fourth-order valence-corrected chi connectivity index (χ4v) is 2.55. The number of carbonyl (C=O) groups excluding carboxylic acids is 1. The van der Waals surface area contributed by atoms with Crippen molar-refractivity contribution in [2.24, 2.45) is 0 Å². The second kappa shape index (κ2) is 6.83. The molecule has 0 saturated heterocycles. The number of benzene rings is 2. The average Bonchev–Trinajstić information content (AvgIpc) is 2.97. The molecule has 0 atom stereocenters. The first-order valence-corrected chi connectivity index (χ1v) is 7.59. The lowest BCUT2D eigenvalue weighted by atomic mass is 10.1. The van der Waals surface area contributed by atoms with E-state index in [1.54, 1.807) is 6.08 Å². The fourth-order valence-electron chi connectivity index (χ4n) is 2.55. The van der Waals surface area contributed by atoms with Crippen LogP contribution in [0.3, 0.4) is 0 Å². The molecular formula is C19H19N3O. The van der Waals surface area contributed by atoms with E-state index in [0.717, 1.165) is 17.5 Å². The molecule has 3 aromatic rings. The molecule has 0 aliphatic heterocycles. The first kappa shape index (κ1) is 14.9. The summed E-state index contributed by atoms with van der Waals surface area (Å²) in [5.74, 6) is -0.104. The molecule has 116 valence electrons. The van der Waals surface area contributed by atoms with Crippen molar-refractivity contribution in [3.05, 3.63) is 71.9 Å². The van der Waals surface area contributed by atoms with Crippen LogP contribution in [0.4, 0.5) is 5.69 Å². The zero-order valence-corrected chi connectivity index (χ0v) is 12.8. The van der Waals surface area contributed by atoms with E-state index in [9.17, 15) is 4.79 Å². The van der Waals surface area contributed by atoms with Gasteiger partial charge in [0.05, 0.1) is 0 Å². The first-order chi connectivity index (χ1) is 11.2. The van der Waals surface area contributed by atoms with E-state index in [-0.39, 0.29) is 5.91 Å². The third-order valence-electron chi connectivity index (χ3n) is 3.71. The quantitative estimate of drug-likeness (QED) is 0.500. The molecule has 1 aromatic heterocycles. The highest BCUT2D eigenvalue weighted by Crippen LogP contribution is 2.17. The first-order valence-electron chi connectivity index (χ1n) is 7.59. The zero-order valence-electron chi connectivity index (χ0n) is 12.8. The van der Waals surface area contributed by atoms with Crippen LogP contribution in [-0.4, -0.2) is 17.4 Å². The number of H-pyrrole nitrogens is 1.